The Morgan fingerprint density at radius 2 is 1.63 bits per heavy atom. The molecule has 14 atom stereocenters. The molecule has 2 N–H and O–H groups in total. The number of nitrogens with zero attached hydrogens (tertiary/aromatic N) is 1. The van der Waals surface area contributed by atoms with Crippen molar-refractivity contribution >= 4 is 29.2 Å². The minimum atomic E-state index is -2.40. The Hall–Kier alpha value is -3.36. The van der Waals surface area contributed by atoms with Crippen LogP contribution in [-0.2, 0) is 42.9 Å². The molecule has 2 bridgehead atoms. The maximum absolute atomic E-state index is 16.2. The zero-order valence-electron chi connectivity index (χ0n) is 41.1. The van der Waals surface area contributed by atoms with Crippen molar-refractivity contribution in [1.82, 2.24) is 4.90 Å². The lowest BCUT2D eigenvalue weighted by molar-refractivity contribution is -0.266. The number of ketones is 3. The lowest BCUT2D eigenvalue weighted by Crippen LogP contribution is -2.61. The van der Waals surface area contributed by atoms with Crippen LogP contribution in [0.1, 0.15) is 139 Å². The quantitative estimate of drug-likeness (QED) is 0.155. The van der Waals surface area contributed by atoms with Crippen LogP contribution >= 0.6 is 0 Å². The monoisotopic (exact) mass is 914 g/mol. The second-order valence-corrected chi connectivity index (χ2v) is 20.6. The van der Waals surface area contributed by atoms with Gasteiger partial charge in [-0.1, -0.05) is 90.5 Å². The number of fused-ring (bicyclic) bond motifs is 3. The Kier molecular flexibility index (Phi) is 20.1. The highest BCUT2D eigenvalue weighted by Gasteiger charge is 2.53. The Morgan fingerprint density at radius 3 is 2.31 bits per heavy atom. The van der Waals surface area contributed by atoms with Crippen LogP contribution < -0.4 is 0 Å². The van der Waals surface area contributed by atoms with E-state index in [0.29, 0.717) is 64.2 Å². The number of alkyl halides is 1. The van der Waals surface area contributed by atoms with Gasteiger partial charge in [0.25, 0.3) is 11.7 Å². The largest absolute Gasteiger partial charge is 0.460 e. The lowest BCUT2D eigenvalue weighted by Gasteiger charge is -2.44. The van der Waals surface area contributed by atoms with E-state index in [1.165, 1.54) is 25.0 Å². The summed E-state index contributed by atoms with van der Waals surface area (Å²) < 4.78 is 39.7. The predicted octanol–water partition coefficient (Wildman–Crippen LogP) is 8.17. The second kappa shape index (κ2) is 24.1. The highest BCUT2D eigenvalue weighted by molar-refractivity contribution is 6.39. The fourth-order valence-corrected chi connectivity index (χ4v) is 10.2. The fraction of sp³-hybridized carbons (Fsp3) is 0.750. The molecule has 0 aromatic rings. The van der Waals surface area contributed by atoms with Crippen molar-refractivity contribution in [2.45, 2.75) is 188 Å². The number of allylic oxidation sites excluding steroid dienone is 7. The second-order valence-electron chi connectivity index (χ2n) is 20.6. The van der Waals surface area contributed by atoms with Gasteiger partial charge in [-0.05, 0) is 113 Å². The van der Waals surface area contributed by atoms with E-state index in [9.17, 15) is 34.2 Å². The van der Waals surface area contributed by atoms with Crippen LogP contribution in [0.5, 0.6) is 0 Å². The Labute approximate surface area is 387 Å². The van der Waals surface area contributed by atoms with Gasteiger partial charge in [0, 0.05) is 44.9 Å². The molecule has 0 aromatic carbocycles. The summed E-state index contributed by atoms with van der Waals surface area (Å²) in [4.78, 5) is 71.7. The van der Waals surface area contributed by atoms with Crippen LogP contribution in [0.2, 0.25) is 0 Å². The van der Waals surface area contributed by atoms with E-state index in [4.69, 9.17) is 18.9 Å². The first-order chi connectivity index (χ1) is 30.5. The average molecular weight is 914 g/mol. The number of cyclic esters (lactones) is 1. The molecule has 1 amide bonds. The van der Waals surface area contributed by atoms with Crippen molar-refractivity contribution in [3.63, 3.8) is 0 Å². The van der Waals surface area contributed by atoms with E-state index in [2.05, 4.69) is 13.8 Å². The minimum absolute atomic E-state index is 0.00325. The van der Waals surface area contributed by atoms with Crippen LogP contribution in [-0.4, -0.2) is 114 Å². The molecule has 1 saturated carbocycles. The number of hydrogen-bond acceptors (Lipinski definition) is 11. The van der Waals surface area contributed by atoms with Gasteiger partial charge in [0.15, 0.2) is 18.1 Å². The number of aliphatic hydroxyl groups is 2. The summed E-state index contributed by atoms with van der Waals surface area (Å²) in [6, 6.07) is -1.14. The smallest absolute Gasteiger partial charge is 0.329 e. The zero-order chi connectivity index (χ0) is 48.4. The van der Waals surface area contributed by atoms with Crippen molar-refractivity contribution in [1.29, 1.82) is 0 Å². The number of aliphatic hydroxyl groups excluding tert-OH is 1. The van der Waals surface area contributed by atoms with Crippen LogP contribution in [0, 0.1) is 40.9 Å². The van der Waals surface area contributed by atoms with Crippen LogP contribution in [0.15, 0.2) is 47.6 Å². The van der Waals surface area contributed by atoms with Gasteiger partial charge in [0.1, 0.15) is 17.9 Å². The van der Waals surface area contributed by atoms with E-state index in [1.54, 1.807) is 27.9 Å². The molecule has 4 aliphatic rings. The molecule has 13 heteroatoms. The molecule has 0 spiro atoms. The number of carbonyl (C=O) groups is 5. The number of methoxy groups -OCH3 is 2. The molecule has 4 rings (SSSR count). The molecule has 3 unspecified atom stereocenters. The summed E-state index contributed by atoms with van der Waals surface area (Å²) in [7, 11) is 2.87. The van der Waals surface area contributed by atoms with Gasteiger partial charge in [-0.3, -0.25) is 19.2 Å². The molecular weight excluding hydrogens is 834 g/mol. The van der Waals surface area contributed by atoms with Gasteiger partial charge >= 0.3 is 5.97 Å². The fourth-order valence-electron chi connectivity index (χ4n) is 10.2. The molecule has 1 aliphatic carbocycles. The standard InChI is InChI=1S/C52H80FNO11/c1-31-17-13-12-14-18-36(6)51(8,9)30-39-22-20-37(7)52(61,65-39)48(58)49(59)54-24-16-15-19-40(54)50(60)64-43(33(3)27-38-21-23-41(55)44(28-38)62-10)29-42(56)32(2)26-34(4)45(53)47(63-11)46(57)35(5)25-31/h12-14,17-18,26,31-33,35,37-41,43-45,47,55,61H,15-16,19-25,27-30H2,1-11H3/b14-12+,17-13+,34-26+,36-18+/t31-,32-,33-,35-,37-,38?,39+,40+,41+,43?,44-,45?,47-,52-/m1/s1. The maximum Gasteiger partial charge on any atom is 0.329 e. The van der Waals surface area contributed by atoms with Gasteiger partial charge in [-0.2, -0.15) is 0 Å². The van der Waals surface area contributed by atoms with E-state index < -0.39 is 83.2 Å². The third-order valence-corrected chi connectivity index (χ3v) is 14.9. The number of amides is 1. The molecule has 2 saturated heterocycles. The number of rotatable bonds is 5. The molecule has 3 fully saturated rings. The summed E-state index contributed by atoms with van der Waals surface area (Å²) in [5, 5.41) is 22.4. The summed E-state index contributed by atoms with van der Waals surface area (Å²) in [6.45, 7) is 16.7. The van der Waals surface area contributed by atoms with Gasteiger partial charge in [0.05, 0.1) is 18.3 Å². The van der Waals surface area contributed by atoms with Gasteiger partial charge in [0.2, 0.25) is 5.79 Å². The summed E-state index contributed by atoms with van der Waals surface area (Å²) in [5.41, 5.74) is 0.804. The summed E-state index contributed by atoms with van der Waals surface area (Å²) in [5.74, 6) is -8.24. The Balaban J connectivity index is 1.71. The average Bonchev–Trinajstić information content (AvgIpc) is 3.26. The normalized spacial score (nSPS) is 40.1. The highest BCUT2D eigenvalue weighted by atomic mass is 19.1. The SMILES string of the molecule is CO[C@H]1C(=O)[C@H](C)C[C@H](C)/C=C/C=C/C=C(\C)C(C)(C)C[C@@H]2CC[C@@H](C)[C@@](O)(O2)C(=O)C(=O)N2CCCC[C@H]2C(=O)OC([C@H](C)CC2CC[C@H](O)[C@H](OC)C2)CC(=O)[C@H](C)/C=C(\C)C1F. The number of hydrogen-bond donors (Lipinski definition) is 2. The van der Waals surface area contributed by atoms with Crippen molar-refractivity contribution in [3.05, 3.63) is 47.6 Å². The Morgan fingerprint density at radius 1 is 0.923 bits per heavy atom. The third-order valence-electron chi connectivity index (χ3n) is 14.9. The first-order valence-corrected chi connectivity index (χ1v) is 24.1. The van der Waals surface area contributed by atoms with Crippen molar-refractivity contribution in [2.24, 2.45) is 40.9 Å². The minimum Gasteiger partial charge on any atom is -0.460 e. The molecule has 0 radical (unpaired) electrons. The van der Waals surface area contributed by atoms with Crippen LogP contribution in [0.3, 0.4) is 0 Å². The predicted molar refractivity (Wildman–Crippen MR) is 247 cm³/mol. The first kappa shape index (κ1) is 54.2. The number of Topliss-reactive ketones (excluding diaryl/α,β-unsaturated/α-hetero) is 3. The first-order valence-electron chi connectivity index (χ1n) is 24.1. The number of esters is 1. The van der Waals surface area contributed by atoms with E-state index >= 15 is 4.39 Å². The maximum atomic E-state index is 16.2. The topological polar surface area (TPSA) is 166 Å². The Bertz CT molecular complexity index is 1790. The van der Waals surface area contributed by atoms with Gasteiger partial charge in [-0.15, -0.1) is 0 Å². The number of piperidine rings is 1. The van der Waals surface area contributed by atoms with Gasteiger partial charge < -0.3 is 34.1 Å². The molecule has 366 valence electrons. The van der Waals surface area contributed by atoms with Crippen molar-refractivity contribution < 1.29 is 57.5 Å². The number of carbonyl (C=O) groups excluding carboxylic acids is 5. The van der Waals surface area contributed by atoms with Crippen LogP contribution in [0.4, 0.5) is 4.39 Å². The summed E-state index contributed by atoms with van der Waals surface area (Å²) in [6.07, 6.45) is 11.1. The molecule has 65 heavy (non-hydrogen) atoms. The molecule has 3 heterocycles. The van der Waals surface area contributed by atoms with Crippen molar-refractivity contribution in [2.75, 3.05) is 20.8 Å². The number of halogens is 1. The third kappa shape index (κ3) is 14.1. The van der Waals surface area contributed by atoms with Gasteiger partial charge in [-0.25, -0.2) is 9.18 Å². The zero-order valence-corrected chi connectivity index (χ0v) is 41.1. The van der Waals surface area contributed by atoms with Crippen LogP contribution in [0.25, 0.3) is 0 Å². The van der Waals surface area contributed by atoms with E-state index in [1.807, 2.05) is 51.2 Å². The highest BCUT2D eigenvalue weighted by Crippen LogP contribution is 2.41. The summed E-state index contributed by atoms with van der Waals surface area (Å²) >= 11 is 0. The van der Waals surface area contributed by atoms with E-state index in [-0.39, 0.29) is 60.4 Å². The molecule has 0 aromatic heterocycles. The number of ether oxygens (including phenoxy) is 4. The molecule has 3 aliphatic heterocycles. The molecule has 12 nitrogen and oxygen atoms in total. The molecular formula is C52H80FNO11. The lowest BCUT2D eigenvalue weighted by atomic mass is 9.76. The van der Waals surface area contributed by atoms with Crippen molar-refractivity contribution in [3.8, 4) is 0 Å². The van der Waals surface area contributed by atoms with E-state index in [0.717, 1.165) is 5.57 Å².